The molecule has 1 saturated carbocycles. The Morgan fingerprint density at radius 3 is 2.63 bits per heavy atom. The lowest BCUT2D eigenvalue weighted by Gasteiger charge is -2.31. The number of carbonyl (C=O) groups is 2. The Hall–Kier alpha value is -2.08. The molecule has 6 heteroatoms. The summed E-state index contributed by atoms with van der Waals surface area (Å²) in [5, 5.41) is 2.99. The number of anilines is 1. The summed E-state index contributed by atoms with van der Waals surface area (Å²) in [6.45, 7) is 5.21. The standard InChI is InChI=1S/C21H30N4O2/c1-3-17-15-23(2)18-9-5-4-8-16(18)14-24(17)12-13-25-19(26)21(22-20(25)27)10-6-7-11-21/h4-5,8-9,17H,3,6-7,10-15H2,1-2H3,(H,22,27). The number of hydrogen-bond acceptors (Lipinski definition) is 4. The fraction of sp³-hybridized carbons (Fsp3) is 0.619. The van der Waals surface area contributed by atoms with Gasteiger partial charge in [-0.2, -0.15) is 0 Å². The van der Waals surface area contributed by atoms with Crippen LogP contribution in [0.3, 0.4) is 0 Å². The summed E-state index contributed by atoms with van der Waals surface area (Å²) < 4.78 is 0. The summed E-state index contributed by atoms with van der Waals surface area (Å²) in [6, 6.07) is 8.72. The van der Waals surface area contributed by atoms with Crippen molar-refractivity contribution in [3.63, 3.8) is 0 Å². The molecule has 1 aliphatic carbocycles. The molecule has 1 atom stereocenters. The molecule has 2 heterocycles. The van der Waals surface area contributed by atoms with Gasteiger partial charge in [-0.15, -0.1) is 0 Å². The zero-order chi connectivity index (χ0) is 19.0. The molecular formula is C21H30N4O2. The lowest BCUT2D eigenvalue weighted by molar-refractivity contribution is -0.131. The van der Waals surface area contributed by atoms with Crippen molar-refractivity contribution in [2.24, 2.45) is 0 Å². The van der Waals surface area contributed by atoms with Crippen molar-refractivity contribution in [1.29, 1.82) is 0 Å². The first-order chi connectivity index (χ1) is 13.0. The first-order valence-corrected chi connectivity index (χ1v) is 10.2. The quantitative estimate of drug-likeness (QED) is 0.828. The first-order valence-electron chi connectivity index (χ1n) is 10.2. The number of fused-ring (bicyclic) bond motifs is 1. The highest BCUT2D eigenvalue weighted by atomic mass is 16.2. The van der Waals surface area contributed by atoms with Crippen LogP contribution in [0, 0.1) is 0 Å². The van der Waals surface area contributed by atoms with Crippen molar-refractivity contribution < 1.29 is 9.59 Å². The Morgan fingerprint density at radius 2 is 1.89 bits per heavy atom. The van der Waals surface area contributed by atoms with E-state index in [1.54, 1.807) is 0 Å². The minimum atomic E-state index is -0.604. The molecule has 0 bridgehead atoms. The maximum absolute atomic E-state index is 12.9. The van der Waals surface area contributed by atoms with Crippen LogP contribution in [0.4, 0.5) is 10.5 Å². The van der Waals surface area contributed by atoms with E-state index in [4.69, 9.17) is 0 Å². The van der Waals surface area contributed by atoms with E-state index in [-0.39, 0.29) is 11.9 Å². The topological polar surface area (TPSA) is 55.9 Å². The molecule has 27 heavy (non-hydrogen) atoms. The van der Waals surface area contributed by atoms with Gasteiger partial charge in [-0.05, 0) is 30.9 Å². The molecule has 2 aliphatic heterocycles. The molecule has 1 unspecified atom stereocenters. The molecule has 0 radical (unpaired) electrons. The van der Waals surface area contributed by atoms with Gasteiger partial charge in [0.05, 0.1) is 0 Å². The van der Waals surface area contributed by atoms with Gasteiger partial charge >= 0.3 is 6.03 Å². The number of nitrogens with one attached hydrogen (secondary N) is 1. The van der Waals surface area contributed by atoms with Gasteiger partial charge < -0.3 is 10.2 Å². The van der Waals surface area contributed by atoms with E-state index in [9.17, 15) is 9.59 Å². The zero-order valence-electron chi connectivity index (χ0n) is 16.4. The maximum atomic E-state index is 12.9. The Bertz CT molecular complexity index is 729. The van der Waals surface area contributed by atoms with Crippen molar-refractivity contribution >= 4 is 17.6 Å². The highest BCUT2D eigenvalue weighted by Crippen LogP contribution is 2.35. The number of carbonyl (C=O) groups excluding carboxylic acids is 2. The Balaban J connectivity index is 1.48. The van der Waals surface area contributed by atoms with Gasteiger partial charge in [0, 0.05) is 45.0 Å². The van der Waals surface area contributed by atoms with Gasteiger partial charge in [0.1, 0.15) is 5.54 Å². The average Bonchev–Trinajstić information content (AvgIpc) is 3.18. The monoisotopic (exact) mass is 370 g/mol. The van der Waals surface area contributed by atoms with Crippen LogP contribution in [0.25, 0.3) is 0 Å². The second-order valence-corrected chi connectivity index (χ2v) is 8.22. The zero-order valence-corrected chi connectivity index (χ0v) is 16.4. The van der Waals surface area contributed by atoms with Crippen LogP contribution < -0.4 is 10.2 Å². The Morgan fingerprint density at radius 1 is 1.15 bits per heavy atom. The fourth-order valence-electron chi connectivity index (χ4n) is 4.97. The first kappa shape index (κ1) is 18.3. The minimum absolute atomic E-state index is 0.00890. The largest absolute Gasteiger partial charge is 0.373 e. The van der Waals surface area contributed by atoms with Crippen molar-refractivity contribution in [3.8, 4) is 0 Å². The second kappa shape index (κ2) is 7.15. The third kappa shape index (κ3) is 3.20. The lowest BCUT2D eigenvalue weighted by atomic mass is 9.98. The SMILES string of the molecule is CCC1CN(C)c2ccccc2CN1CCN1C(=O)NC2(CCCC2)C1=O. The Labute approximate surface area is 161 Å². The normalized spacial score (nSPS) is 25.0. The van der Waals surface area contributed by atoms with E-state index in [0.29, 0.717) is 12.6 Å². The molecule has 1 spiro atoms. The molecule has 1 aromatic rings. The predicted octanol–water partition coefficient (Wildman–Crippen LogP) is 2.58. The van der Waals surface area contributed by atoms with Gasteiger partial charge in [-0.25, -0.2) is 4.79 Å². The van der Waals surface area contributed by atoms with E-state index in [1.807, 2.05) is 0 Å². The van der Waals surface area contributed by atoms with Gasteiger partial charge in [-0.3, -0.25) is 14.6 Å². The highest BCUT2D eigenvalue weighted by molar-refractivity contribution is 6.07. The average molecular weight is 370 g/mol. The Kier molecular flexibility index (Phi) is 4.84. The summed E-state index contributed by atoms with van der Waals surface area (Å²) in [4.78, 5) is 31.6. The summed E-state index contributed by atoms with van der Waals surface area (Å²) in [6.07, 6.45) is 4.66. The van der Waals surface area contributed by atoms with Crippen molar-refractivity contribution in [3.05, 3.63) is 29.8 Å². The molecule has 3 amide bonds. The molecule has 1 N–H and O–H groups in total. The van der Waals surface area contributed by atoms with Crippen molar-refractivity contribution in [1.82, 2.24) is 15.1 Å². The van der Waals surface area contributed by atoms with E-state index in [0.717, 1.165) is 51.7 Å². The molecule has 2 fully saturated rings. The van der Waals surface area contributed by atoms with Crippen molar-refractivity contribution in [2.45, 2.75) is 57.2 Å². The third-order valence-corrected chi connectivity index (χ3v) is 6.56. The molecular weight excluding hydrogens is 340 g/mol. The minimum Gasteiger partial charge on any atom is -0.373 e. The van der Waals surface area contributed by atoms with Crippen LogP contribution in [-0.2, 0) is 11.3 Å². The second-order valence-electron chi connectivity index (χ2n) is 8.22. The number of para-hydroxylation sites is 1. The van der Waals surface area contributed by atoms with Gasteiger partial charge in [0.25, 0.3) is 5.91 Å². The number of nitrogens with zero attached hydrogens (tertiary/aromatic N) is 3. The fourth-order valence-corrected chi connectivity index (χ4v) is 4.97. The molecule has 6 nitrogen and oxygen atoms in total. The smallest absolute Gasteiger partial charge is 0.325 e. The third-order valence-electron chi connectivity index (χ3n) is 6.56. The number of rotatable bonds is 4. The van der Waals surface area contributed by atoms with Crippen LogP contribution in [0.1, 0.15) is 44.6 Å². The van der Waals surface area contributed by atoms with Gasteiger partial charge in [0.2, 0.25) is 0 Å². The molecule has 146 valence electrons. The summed E-state index contributed by atoms with van der Waals surface area (Å²) in [7, 11) is 2.15. The molecule has 1 saturated heterocycles. The van der Waals surface area contributed by atoms with E-state index in [1.165, 1.54) is 16.2 Å². The number of likely N-dealkylation sites (N-methyl/N-ethyl adjacent to an activating group) is 1. The van der Waals surface area contributed by atoms with Crippen LogP contribution in [-0.4, -0.2) is 60.0 Å². The van der Waals surface area contributed by atoms with Crippen molar-refractivity contribution in [2.75, 3.05) is 31.6 Å². The van der Waals surface area contributed by atoms with Gasteiger partial charge in [-0.1, -0.05) is 38.0 Å². The maximum Gasteiger partial charge on any atom is 0.325 e. The number of hydrogen-bond donors (Lipinski definition) is 1. The van der Waals surface area contributed by atoms with Crippen LogP contribution >= 0.6 is 0 Å². The molecule has 4 rings (SSSR count). The van der Waals surface area contributed by atoms with Crippen LogP contribution in [0.5, 0.6) is 0 Å². The summed E-state index contributed by atoms with van der Waals surface area (Å²) >= 11 is 0. The van der Waals surface area contributed by atoms with E-state index < -0.39 is 5.54 Å². The lowest BCUT2D eigenvalue weighted by Crippen LogP contribution is -2.46. The predicted molar refractivity (Wildman–Crippen MR) is 106 cm³/mol. The van der Waals surface area contributed by atoms with E-state index >= 15 is 0 Å². The number of amides is 3. The number of benzene rings is 1. The van der Waals surface area contributed by atoms with Crippen LogP contribution in [0.2, 0.25) is 0 Å². The van der Waals surface area contributed by atoms with Gasteiger partial charge in [0.15, 0.2) is 0 Å². The molecule has 3 aliphatic rings. The van der Waals surface area contributed by atoms with E-state index in [2.05, 4.69) is 53.4 Å². The number of imide groups is 1. The summed E-state index contributed by atoms with van der Waals surface area (Å²) in [5.74, 6) is -0.00890. The molecule has 0 aromatic heterocycles. The van der Waals surface area contributed by atoms with Crippen LogP contribution in [0.15, 0.2) is 24.3 Å². The molecule has 1 aromatic carbocycles. The number of urea groups is 1. The summed E-state index contributed by atoms with van der Waals surface area (Å²) in [5.41, 5.74) is 1.98. The highest BCUT2D eigenvalue weighted by Gasteiger charge is 2.52.